The Morgan fingerprint density at radius 3 is 2.41 bits per heavy atom. The van der Waals surface area contributed by atoms with E-state index >= 15 is 0 Å². The summed E-state index contributed by atoms with van der Waals surface area (Å²) >= 11 is 5.86. The van der Waals surface area contributed by atoms with Gasteiger partial charge in [0.05, 0.1) is 5.60 Å². The van der Waals surface area contributed by atoms with Crippen molar-refractivity contribution in [1.82, 2.24) is 0 Å². The highest BCUT2D eigenvalue weighted by Gasteiger charge is 2.27. The van der Waals surface area contributed by atoms with E-state index in [2.05, 4.69) is 0 Å². The normalized spacial score (nSPS) is 20.4. The van der Waals surface area contributed by atoms with Gasteiger partial charge >= 0.3 is 0 Å². The molecule has 1 N–H and O–H groups in total. The molecule has 1 unspecified atom stereocenters. The summed E-state index contributed by atoms with van der Waals surface area (Å²) in [6.07, 6.45) is 6.90. The van der Waals surface area contributed by atoms with Crippen molar-refractivity contribution in [2.75, 3.05) is 0 Å². The molecule has 0 spiro atoms. The fourth-order valence-corrected chi connectivity index (χ4v) is 3.08. The van der Waals surface area contributed by atoms with Crippen LogP contribution in [0.2, 0.25) is 5.02 Å². The second kappa shape index (κ2) is 5.41. The van der Waals surface area contributed by atoms with Crippen LogP contribution in [0.15, 0.2) is 24.3 Å². The summed E-state index contributed by atoms with van der Waals surface area (Å²) < 4.78 is 0. The molecule has 1 saturated carbocycles. The van der Waals surface area contributed by atoms with Crippen molar-refractivity contribution in [3.63, 3.8) is 0 Å². The van der Waals surface area contributed by atoms with Gasteiger partial charge in [-0.25, -0.2) is 0 Å². The predicted molar refractivity (Wildman–Crippen MR) is 72.4 cm³/mol. The van der Waals surface area contributed by atoms with Crippen molar-refractivity contribution >= 4 is 11.6 Å². The maximum atomic E-state index is 10.5. The van der Waals surface area contributed by atoms with Crippen LogP contribution in [0.4, 0.5) is 0 Å². The highest BCUT2D eigenvalue weighted by molar-refractivity contribution is 6.30. The van der Waals surface area contributed by atoms with Crippen LogP contribution in [0.3, 0.4) is 0 Å². The molecule has 0 saturated heterocycles. The Bertz CT molecular complexity index is 350. The van der Waals surface area contributed by atoms with E-state index in [0.717, 1.165) is 29.3 Å². The molecule has 2 rings (SSSR count). The Labute approximate surface area is 109 Å². The summed E-state index contributed by atoms with van der Waals surface area (Å²) in [5.41, 5.74) is 0.584. The highest BCUT2D eigenvalue weighted by Crippen LogP contribution is 2.33. The molecule has 0 aliphatic heterocycles. The van der Waals surface area contributed by atoms with Crippen LogP contribution in [-0.4, -0.2) is 10.7 Å². The number of halogens is 1. The molecule has 1 aromatic rings. The third-order valence-corrected chi connectivity index (χ3v) is 3.95. The minimum absolute atomic E-state index is 0.581. The summed E-state index contributed by atoms with van der Waals surface area (Å²) in [7, 11) is 0. The van der Waals surface area contributed by atoms with Gasteiger partial charge < -0.3 is 5.11 Å². The van der Waals surface area contributed by atoms with E-state index in [1.54, 1.807) is 0 Å². The molecular formula is C15H21ClO. The van der Waals surface area contributed by atoms with Gasteiger partial charge in [0.15, 0.2) is 0 Å². The lowest BCUT2D eigenvalue weighted by Crippen LogP contribution is -2.29. The minimum atomic E-state index is -0.581. The van der Waals surface area contributed by atoms with E-state index in [4.69, 9.17) is 11.6 Å². The average molecular weight is 253 g/mol. The maximum Gasteiger partial charge on any atom is 0.0662 e. The van der Waals surface area contributed by atoms with Crippen LogP contribution in [0, 0.1) is 5.92 Å². The first-order chi connectivity index (χ1) is 8.05. The van der Waals surface area contributed by atoms with Gasteiger partial charge in [-0.05, 0) is 37.0 Å². The molecule has 1 aromatic carbocycles. The number of aliphatic hydroxyl groups is 1. The lowest BCUT2D eigenvalue weighted by molar-refractivity contribution is 0.0348. The van der Waals surface area contributed by atoms with Crippen LogP contribution < -0.4 is 0 Å². The Balaban J connectivity index is 1.93. The molecular weight excluding hydrogens is 232 g/mol. The van der Waals surface area contributed by atoms with Crippen LogP contribution in [-0.2, 0) is 6.42 Å². The quantitative estimate of drug-likeness (QED) is 0.851. The zero-order valence-electron chi connectivity index (χ0n) is 10.5. The number of rotatable bonds is 4. The summed E-state index contributed by atoms with van der Waals surface area (Å²) in [5, 5.41) is 11.2. The van der Waals surface area contributed by atoms with Crippen molar-refractivity contribution < 1.29 is 5.11 Å². The zero-order valence-corrected chi connectivity index (χ0v) is 11.2. The molecule has 0 radical (unpaired) electrons. The van der Waals surface area contributed by atoms with Crippen LogP contribution >= 0.6 is 11.6 Å². The van der Waals surface area contributed by atoms with Crippen molar-refractivity contribution in [2.24, 2.45) is 5.92 Å². The standard InChI is InChI=1S/C15H21ClO/c1-15(17,10-12-4-2-3-5-12)11-13-6-8-14(16)9-7-13/h6-9,12,17H,2-5,10-11H2,1H3. The van der Waals surface area contributed by atoms with E-state index in [-0.39, 0.29) is 0 Å². The first-order valence-electron chi connectivity index (χ1n) is 6.52. The number of hydrogen-bond donors (Lipinski definition) is 1. The first-order valence-corrected chi connectivity index (χ1v) is 6.90. The lowest BCUT2D eigenvalue weighted by atomic mass is 9.86. The van der Waals surface area contributed by atoms with Gasteiger partial charge in [0, 0.05) is 11.4 Å². The summed E-state index contributed by atoms with van der Waals surface area (Å²) in [4.78, 5) is 0. The van der Waals surface area contributed by atoms with E-state index in [9.17, 15) is 5.11 Å². The molecule has 1 fully saturated rings. The van der Waals surface area contributed by atoms with Crippen molar-refractivity contribution in [3.8, 4) is 0 Å². The maximum absolute atomic E-state index is 10.5. The molecule has 94 valence electrons. The Morgan fingerprint density at radius 2 is 1.82 bits per heavy atom. The van der Waals surface area contributed by atoms with Crippen molar-refractivity contribution in [1.29, 1.82) is 0 Å². The third kappa shape index (κ3) is 4.01. The van der Waals surface area contributed by atoms with Gasteiger partial charge in [-0.15, -0.1) is 0 Å². The second-order valence-corrected chi connectivity index (χ2v) is 6.09. The highest BCUT2D eigenvalue weighted by atomic mass is 35.5. The minimum Gasteiger partial charge on any atom is -0.390 e. The van der Waals surface area contributed by atoms with E-state index in [1.165, 1.54) is 25.7 Å². The lowest BCUT2D eigenvalue weighted by Gasteiger charge is -2.26. The molecule has 1 atom stereocenters. The van der Waals surface area contributed by atoms with E-state index in [0.29, 0.717) is 0 Å². The van der Waals surface area contributed by atoms with Crippen LogP contribution in [0.5, 0.6) is 0 Å². The summed E-state index contributed by atoms with van der Waals surface area (Å²) in [6, 6.07) is 7.79. The zero-order chi connectivity index (χ0) is 12.3. The smallest absolute Gasteiger partial charge is 0.0662 e. The molecule has 1 aliphatic rings. The fourth-order valence-electron chi connectivity index (χ4n) is 2.95. The van der Waals surface area contributed by atoms with Gasteiger partial charge in [0.1, 0.15) is 0 Å². The Hall–Kier alpha value is -0.530. The summed E-state index contributed by atoms with van der Waals surface area (Å²) in [5.74, 6) is 0.720. The Morgan fingerprint density at radius 1 is 1.24 bits per heavy atom. The molecule has 2 heteroatoms. The monoisotopic (exact) mass is 252 g/mol. The molecule has 17 heavy (non-hydrogen) atoms. The van der Waals surface area contributed by atoms with Gasteiger partial charge in [0.2, 0.25) is 0 Å². The SMILES string of the molecule is CC(O)(Cc1ccc(Cl)cc1)CC1CCCC1. The molecule has 0 aromatic heterocycles. The van der Waals surface area contributed by atoms with E-state index < -0.39 is 5.60 Å². The van der Waals surface area contributed by atoms with E-state index in [1.807, 2.05) is 31.2 Å². The number of hydrogen-bond acceptors (Lipinski definition) is 1. The van der Waals surface area contributed by atoms with Crippen molar-refractivity contribution in [2.45, 2.75) is 51.0 Å². The molecule has 1 nitrogen and oxygen atoms in total. The fraction of sp³-hybridized carbons (Fsp3) is 0.600. The first kappa shape index (κ1) is 12.9. The van der Waals surface area contributed by atoms with Gasteiger partial charge in [-0.2, -0.15) is 0 Å². The topological polar surface area (TPSA) is 20.2 Å². The van der Waals surface area contributed by atoms with Crippen LogP contribution in [0.25, 0.3) is 0 Å². The Kier molecular flexibility index (Phi) is 4.11. The molecule has 0 amide bonds. The van der Waals surface area contributed by atoms with Gasteiger partial charge in [0.25, 0.3) is 0 Å². The molecule has 1 aliphatic carbocycles. The largest absolute Gasteiger partial charge is 0.390 e. The second-order valence-electron chi connectivity index (χ2n) is 5.65. The summed E-state index contributed by atoms with van der Waals surface area (Å²) in [6.45, 7) is 1.96. The van der Waals surface area contributed by atoms with Crippen LogP contribution in [0.1, 0.15) is 44.6 Å². The predicted octanol–water partition coefficient (Wildman–Crippen LogP) is 4.21. The van der Waals surface area contributed by atoms with Crippen molar-refractivity contribution in [3.05, 3.63) is 34.9 Å². The number of benzene rings is 1. The van der Waals surface area contributed by atoms with Gasteiger partial charge in [-0.3, -0.25) is 0 Å². The van der Waals surface area contributed by atoms with Gasteiger partial charge in [-0.1, -0.05) is 49.4 Å². The molecule has 0 bridgehead atoms. The average Bonchev–Trinajstić information content (AvgIpc) is 2.73. The third-order valence-electron chi connectivity index (χ3n) is 3.70. The molecule has 0 heterocycles.